The summed E-state index contributed by atoms with van der Waals surface area (Å²) >= 11 is 0. The van der Waals surface area contributed by atoms with Crippen LogP contribution in [0.25, 0.3) is 0 Å². The number of hydrogen-bond acceptors (Lipinski definition) is 6. The molecule has 0 aromatic heterocycles. The molecule has 0 bridgehead atoms. The SMILES string of the molecule is CC.CC.COCCOCCOCCC(=O)N1CCC(CC(C)=O)(CC(C)=O)CC1. The molecule has 7 nitrogen and oxygen atoms in total. The number of carbonyl (C=O) groups excluding carboxylic acids is 3. The molecule has 1 amide bonds. The van der Waals surface area contributed by atoms with Gasteiger partial charge in [0.2, 0.25) is 5.91 Å². The minimum absolute atomic E-state index is 0.0598. The van der Waals surface area contributed by atoms with Crippen LogP contribution in [0, 0.1) is 5.41 Å². The highest BCUT2D eigenvalue weighted by molar-refractivity contribution is 5.80. The maximum atomic E-state index is 12.3. The largest absolute Gasteiger partial charge is 0.382 e. The van der Waals surface area contributed by atoms with Crippen molar-refractivity contribution in [3.05, 3.63) is 0 Å². The van der Waals surface area contributed by atoms with Crippen LogP contribution in [0.4, 0.5) is 0 Å². The molecule has 0 spiro atoms. The van der Waals surface area contributed by atoms with Crippen molar-refractivity contribution in [1.82, 2.24) is 4.90 Å². The van der Waals surface area contributed by atoms with E-state index in [1.165, 1.54) is 0 Å². The number of rotatable bonds is 13. The molecule has 0 atom stereocenters. The molecule has 0 aromatic rings. The Labute approximate surface area is 183 Å². The summed E-state index contributed by atoms with van der Waals surface area (Å²) in [5, 5.41) is 0. The molecule has 30 heavy (non-hydrogen) atoms. The predicted molar refractivity (Wildman–Crippen MR) is 120 cm³/mol. The van der Waals surface area contributed by atoms with Crippen molar-refractivity contribution in [2.45, 2.75) is 73.6 Å². The predicted octanol–water partition coefficient (Wildman–Crippen LogP) is 3.68. The van der Waals surface area contributed by atoms with Crippen molar-refractivity contribution >= 4 is 17.5 Å². The van der Waals surface area contributed by atoms with Gasteiger partial charge in [0.1, 0.15) is 11.6 Å². The van der Waals surface area contributed by atoms with Gasteiger partial charge in [0.25, 0.3) is 0 Å². The number of ketones is 2. The fourth-order valence-corrected chi connectivity index (χ4v) is 3.48. The summed E-state index contributed by atoms with van der Waals surface area (Å²) in [6.45, 7) is 14.7. The normalized spacial score (nSPS) is 14.7. The number of methoxy groups -OCH3 is 1. The van der Waals surface area contributed by atoms with Gasteiger partial charge in [-0.25, -0.2) is 0 Å². The first-order valence-corrected chi connectivity index (χ1v) is 11.3. The average Bonchev–Trinajstić information content (AvgIpc) is 2.72. The summed E-state index contributed by atoms with van der Waals surface area (Å²) in [5.41, 5.74) is -0.273. The quantitative estimate of drug-likeness (QED) is 0.414. The standard InChI is InChI=1S/C19H33NO6.2C2H6/c1-16(21)14-19(15-17(2)22)5-7-20(8-6-19)18(23)4-9-25-12-13-26-11-10-24-3;2*1-2/h4-15H2,1-3H3;2*1-2H3. The smallest absolute Gasteiger partial charge is 0.224 e. The van der Waals surface area contributed by atoms with Crippen LogP contribution >= 0.6 is 0 Å². The molecule has 1 saturated heterocycles. The minimum atomic E-state index is -0.273. The van der Waals surface area contributed by atoms with Crippen molar-refractivity contribution in [2.24, 2.45) is 5.41 Å². The third-order valence-corrected chi connectivity index (χ3v) is 4.69. The van der Waals surface area contributed by atoms with Crippen LogP contribution in [0.15, 0.2) is 0 Å². The van der Waals surface area contributed by atoms with Gasteiger partial charge in [-0.2, -0.15) is 0 Å². The highest BCUT2D eigenvalue weighted by atomic mass is 16.5. The Morgan fingerprint density at radius 2 is 1.20 bits per heavy atom. The summed E-state index contributed by atoms with van der Waals surface area (Å²) < 4.78 is 15.6. The van der Waals surface area contributed by atoms with Gasteiger partial charge in [0.15, 0.2) is 0 Å². The van der Waals surface area contributed by atoms with E-state index in [0.717, 1.165) is 0 Å². The highest BCUT2D eigenvalue weighted by Crippen LogP contribution is 2.39. The van der Waals surface area contributed by atoms with E-state index in [2.05, 4.69) is 0 Å². The summed E-state index contributed by atoms with van der Waals surface area (Å²) in [5.74, 6) is 0.267. The first kappa shape index (κ1) is 30.9. The lowest BCUT2D eigenvalue weighted by Gasteiger charge is -2.41. The van der Waals surface area contributed by atoms with E-state index < -0.39 is 0 Å². The maximum absolute atomic E-state index is 12.3. The topological polar surface area (TPSA) is 82.1 Å². The number of Topliss-reactive ketones (excluding diaryl/α,β-unsaturated/α-hetero) is 2. The number of nitrogens with zero attached hydrogens (tertiary/aromatic N) is 1. The molecule has 1 heterocycles. The zero-order chi connectivity index (χ0) is 23.4. The Bertz CT molecular complexity index is 441. The molecule has 0 aliphatic carbocycles. The number of hydrogen-bond donors (Lipinski definition) is 0. The van der Waals surface area contributed by atoms with E-state index in [-0.39, 0.29) is 22.9 Å². The van der Waals surface area contributed by atoms with Crippen LogP contribution in [0.5, 0.6) is 0 Å². The van der Waals surface area contributed by atoms with E-state index in [1.807, 2.05) is 32.6 Å². The van der Waals surface area contributed by atoms with E-state index in [4.69, 9.17) is 14.2 Å². The van der Waals surface area contributed by atoms with Crippen molar-refractivity contribution in [3.63, 3.8) is 0 Å². The Morgan fingerprint density at radius 3 is 1.63 bits per heavy atom. The van der Waals surface area contributed by atoms with Crippen molar-refractivity contribution < 1.29 is 28.6 Å². The Balaban J connectivity index is 0. The molecule has 1 rings (SSSR count). The first-order chi connectivity index (χ1) is 14.4. The molecule has 1 fully saturated rings. The molecule has 1 aliphatic rings. The van der Waals surface area contributed by atoms with Gasteiger partial charge in [-0.1, -0.05) is 27.7 Å². The molecule has 0 saturated carbocycles. The summed E-state index contributed by atoms with van der Waals surface area (Å²) in [7, 11) is 1.62. The lowest BCUT2D eigenvalue weighted by molar-refractivity contribution is -0.135. The highest BCUT2D eigenvalue weighted by Gasteiger charge is 2.37. The van der Waals surface area contributed by atoms with Crippen LogP contribution < -0.4 is 0 Å². The molecular weight excluding hydrogens is 386 g/mol. The van der Waals surface area contributed by atoms with Gasteiger partial charge < -0.3 is 28.7 Å². The Hall–Kier alpha value is -1.31. The number of ether oxygens (including phenoxy) is 3. The van der Waals surface area contributed by atoms with Crippen molar-refractivity contribution in [2.75, 3.05) is 53.2 Å². The van der Waals surface area contributed by atoms with Crippen molar-refractivity contribution in [1.29, 1.82) is 0 Å². The fourth-order valence-electron chi connectivity index (χ4n) is 3.48. The first-order valence-electron chi connectivity index (χ1n) is 11.3. The molecule has 0 radical (unpaired) electrons. The molecule has 7 heteroatoms. The van der Waals surface area contributed by atoms with Gasteiger partial charge in [0.05, 0.1) is 39.5 Å². The zero-order valence-corrected chi connectivity index (χ0v) is 20.4. The fraction of sp³-hybridized carbons (Fsp3) is 0.870. The third-order valence-electron chi connectivity index (χ3n) is 4.69. The summed E-state index contributed by atoms with van der Waals surface area (Å²) in [6.07, 6.45) is 2.57. The molecule has 0 aromatic carbocycles. The second kappa shape index (κ2) is 19.6. The Kier molecular flexibility index (Phi) is 20.2. The second-order valence-electron chi connectivity index (χ2n) is 7.11. The molecule has 0 N–H and O–H groups in total. The van der Waals surface area contributed by atoms with Gasteiger partial charge in [-0.15, -0.1) is 0 Å². The molecule has 1 aliphatic heterocycles. The van der Waals surface area contributed by atoms with Crippen LogP contribution in [0.3, 0.4) is 0 Å². The zero-order valence-electron chi connectivity index (χ0n) is 20.4. The summed E-state index contributed by atoms with van der Waals surface area (Å²) in [4.78, 5) is 37.3. The molecular formula is C23H45NO6. The van der Waals surface area contributed by atoms with Crippen LogP contribution in [-0.2, 0) is 28.6 Å². The number of likely N-dealkylation sites (tertiary alicyclic amines) is 1. The van der Waals surface area contributed by atoms with E-state index in [0.29, 0.717) is 78.2 Å². The number of carbonyl (C=O) groups is 3. The van der Waals surface area contributed by atoms with E-state index in [1.54, 1.807) is 21.0 Å². The average molecular weight is 432 g/mol. The lowest BCUT2D eigenvalue weighted by atomic mass is 9.71. The van der Waals surface area contributed by atoms with Gasteiger partial charge in [-0.3, -0.25) is 4.79 Å². The minimum Gasteiger partial charge on any atom is -0.382 e. The maximum Gasteiger partial charge on any atom is 0.224 e. The van der Waals surface area contributed by atoms with Gasteiger partial charge in [-0.05, 0) is 32.1 Å². The van der Waals surface area contributed by atoms with Gasteiger partial charge >= 0.3 is 0 Å². The second-order valence-corrected chi connectivity index (χ2v) is 7.11. The van der Waals surface area contributed by atoms with E-state index >= 15 is 0 Å². The summed E-state index contributed by atoms with van der Waals surface area (Å²) in [6, 6.07) is 0. The number of piperidine rings is 1. The number of amides is 1. The molecule has 178 valence electrons. The lowest BCUT2D eigenvalue weighted by Crippen LogP contribution is -2.44. The van der Waals surface area contributed by atoms with Crippen LogP contribution in [0.2, 0.25) is 0 Å². The van der Waals surface area contributed by atoms with Gasteiger partial charge in [0, 0.05) is 33.0 Å². The van der Waals surface area contributed by atoms with Crippen LogP contribution in [-0.4, -0.2) is 75.6 Å². The van der Waals surface area contributed by atoms with E-state index in [9.17, 15) is 14.4 Å². The monoisotopic (exact) mass is 431 g/mol. The van der Waals surface area contributed by atoms with Crippen molar-refractivity contribution in [3.8, 4) is 0 Å². The molecule has 0 unspecified atom stereocenters. The third kappa shape index (κ3) is 14.6. The Morgan fingerprint density at radius 1 is 0.767 bits per heavy atom. The van der Waals surface area contributed by atoms with Crippen LogP contribution in [0.1, 0.15) is 73.6 Å².